The van der Waals surface area contributed by atoms with Gasteiger partial charge in [0.2, 0.25) is 0 Å². The Labute approximate surface area is 189 Å². The number of aromatic amines is 1. The van der Waals surface area contributed by atoms with Crippen LogP contribution in [-0.4, -0.2) is 45.7 Å². The summed E-state index contributed by atoms with van der Waals surface area (Å²) in [5.41, 5.74) is 3.23. The maximum Gasteiger partial charge on any atom is 0.336 e. The van der Waals surface area contributed by atoms with Crippen LogP contribution in [0, 0.1) is 5.82 Å². The average molecular weight is 447 g/mol. The van der Waals surface area contributed by atoms with Crippen LogP contribution in [0.5, 0.6) is 5.75 Å². The van der Waals surface area contributed by atoms with Gasteiger partial charge < -0.3 is 14.7 Å². The van der Waals surface area contributed by atoms with Gasteiger partial charge in [-0.1, -0.05) is 18.2 Å². The molecule has 4 aromatic rings. The van der Waals surface area contributed by atoms with E-state index in [-0.39, 0.29) is 23.8 Å². The Balaban J connectivity index is 1.62. The molecular weight excluding hydrogens is 425 g/mol. The third-order valence-corrected chi connectivity index (χ3v) is 5.35. The van der Waals surface area contributed by atoms with Gasteiger partial charge in [0.05, 0.1) is 23.9 Å². The van der Waals surface area contributed by atoms with Gasteiger partial charge in [0.25, 0.3) is 5.91 Å². The molecule has 0 aliphatic carbocycles. The molecule has 0 aliphatic rings. The van der Waals surface area contributed by atoms with E-state index in [2.05, 4.69) is 10.2 Å². The lowest BCUT2D eigenvalue weighted by Gasteiger charge is -2.19. The number of hydrogen-bond donors (Lipinski definition) is 2. The largest absolute Gasteiger partial charge is 0.493 e. The minimum Gasteiger partial charge on any atom is -0.493 e. The van der Waals surface area contributed by atoms with Crippen molar-refractivity contribution in [3.8, 4) is 16.9 Å². The molecule has 0 saturated carbocycles. The van der Waals surface area contributed by atoms with Gasteiger partial charge in [-0.3, -0.25) is 9.89 Å². The molecule has 168 valence electrons. The van der Waals surface area contributed by atoms with Crippen molar-refractivity contribution < 1.29 is 23.8 Å². The van der Waals surface area contributed by atoms with E-state index in [9.17, 15) is 19.1 Å². The Morgan fingerprint density at radius 1 is 1.15 bits per heavy atom. The van der Waals surface area contributed by atoms with Gasteiger partial charge in [0.1, 0.15) is 11.6 Å². The molecule has 0 radical (unpaired) electrons. The standard InChI is InChI=1S/C25H22FN3O4/c1-3-33-22-12-16(7-9-19(22)15-5-4-6-18(26)11-15)24(30)29(2)14-17-8-10-20(25(31)32)21-13-27-28-23(17)21/h4-13H,3,14H2,1-2H3,(H,27,28)(H,31,32). The second-order valence-corrected chi connectivity index (χ2v) is 7.55. The van der Waals surface area contributed by atoms with Gasteiger partial charge >= 0.3 is 5.97 Å². The predicted molar refractivity (Wildman–Crippen MR) is 122 cm³/mol. The van der Waals surface area contributed by atoms with Crippen molar-refractivity contribution in [1.82, 2.24) is 15.1 Å². The molecule has 3 aromatic carbocycles. The van der Waals surface area contributed by atoms with Crippen LogP contribution in [0.15, 0.2) is 60.8 Å². The highest BCUT2D eigenvalue weighted by atomic mass is 19.1. The molecule has 2 N–H and O–H groups in total. The molecule has 0 fully saturated rings. The van der Waals surface area contributed by atoms with Gasteiger partial charge in [0.15, 0.2) is 0 Å². The highest BCUT2D eigenvalue weighted by Crippen LogP contribution is 2.32. The number of amides is 1. The van der Waals surface area contributed by atoms with Crippen LogP contribution < -0.4 is 4.74 Å². The molecule has 0 saturated heterocycles. The molecule has 33 heavy (non-hydrogen) atoms. The van der Waals surface area contributed by atoms with Crippen molar-refractivity contribution in [2.75, 3.05) is 13.7 Å². The molecule has 8 heteroatoms. The third kappa shape index (κ3) is 4.41. The Bertz CT molecular complexity index is 1350. The van der Waals surface area contributed by atoms with Crippen LogP contribution in [0.25, 0.3) is 22.0 Å². The first-order valence-electron chi connectivity index (χ1n) is 10.4. The van der Waals surface area contributed by atoms with Gasteiger partial charge in [-0.15, -0.1) is 0 Å². The Hall–Kier alpha value is -4.20. The third-order valence-electron chi connectivity index (χ3n) is 5.35. The maximum absolute atomic E-state index is 13.7. The molecule has 7 nitrogen and oxygen atoms in total. The SMILES string of the molecule is CCOc1cc(C(=O)N(C)Cc2ccc(C(=O)O)c3cn[nH]c23)ccc1-c1cccc(F)c1. The first kappa shape index (κ1) is 22.0. The predicted octanol–water partition coefficient (Wildman–Crippen LogP) is 4.74. The number of ether oxygens (including phenoxy) is 1. The molecular formula is C25H22FN3O4. The number of carboxylic acid groups (broad SMARTS) is 1. The summed E-state index contributed by atoms with van der Waals surface area (Å²) in [5, 5.41) is 16.6. The van der Waals surface area contributed by atoms with E-state index in [1.165, 1.54) is 29.3 Å². The summed E-state index contributed by atoms with van der Waals surface area (Å²) < 4.78 is 19.4. The van der Waals surface area contributed by atoms with Crippen LogP contribution in [-0.2, 0) is 6.54 Å². The topological polar surface area (TPSA) is 95.5 Å². The van der Waals surface area contributed by atoms with Crippen LogP contribution in [0.2, 0.25) is 0 Å². The minimum absolute atomic E-state index is 0.144. The number of nitrogens with one attached hydrogen (secondary N) is 1. The molecule has 0 spiro atoms. The lowest BCUT2D eigenvalue weighted by molar-refractivity contribution is 0.0697. The Morgan fingerprint density at radius 3 is 2.70 bits per heavy atom. The lowest BCUT2D eigenvalue weighted by atomic mass is 10.0. The number of H-pyrrole nitrogens is 1. The van der Waals surface area contributed by atoms with Crippen molar-refractivity contribution in [3.63, 3.8) is 0 Å². The molecule has 0 bridgehead atoms. The summed E-state index contributed by atoms with van der Waals surface area (Å²) in [4.78, 5) is 26.1. The number of aromatic carboxylic acids is 1. The zero-order valence-electron chi connectivity index (χ0n) is 18.1. The summed E-state index contributed by atoms with van der Waals surface area (Å²) in [5.74, 6) is -1.14. The smallest absolute Gasteiger partial charge is 0.336 e. The number of carboxylic acids is 1. The molecule has 0 atom stereocenters. The van der Waals surface area contributed by atoms with E-state index in [1.54, 1.807) is 43.4 Å². The van der Waals surface area contributed by atoms with E-state index in [1.807, 2.05) is 6.92 Å². The highest BCUT2D eigenvalue weighted by Gasteiger charge is 2.19. The van der Waals surface area contributed by atoms with Crippen LogP contribution in [0.4, 0.5) is 4.39 Å². The molecule has 1 aromatic heterocycles. The summed E-state index contributed by atoms with van der Waals surface area (Å²) in [6.07, 6.45) is 1.46. The van der Waals surface area contributed by atoms with E-state index in [0.29, 0.717) is 39.9 Å². The normalized spacial score (nSPS) is 10.9. The summed E-state index contributed by atoms with van der Waals surface area (Å²) in [7, 11) is 1.66. The van der Waals surface area contributed by atoms with Crippen LogP contribution in [0.1, 0.15) is 33.2 Å². The quantitative estimate of drug-likeness (QED) is 0.427. The zero-order valence-corrected chi connectivity index (χ0v) is 18.1. The number of rotatable bonds is 7. The lowest BCUT2D eigenvalue weighted by Crippen LogP contribution is -2.26. The van der Waals surface area contributed by atoms with Gasteiger partial charge in [-0.05, 0) is 54.4 Å². The second kappa shape index (κ2) is 9.12. The van der Waals surface area contributed by atoms with Gasteiger partial charge in [-0.25, -0.2) is 9.18 Å². The molecule has 1 amide bonds. The number of fused-ring (bicyclic) bond motifs is 1. The summed E-state index contributed by atoms with van der Waals surface area (Å²) >= 11 is 0. The first-order valence-corrected chi connectivity index (χ1v) is 10.4. The maximum atomic E-state index is 13.7. The Morgan fingerprint density at radius 2 is 1.97 bits per heavy atom. The number of benzene rings is 3. The number of carbonyl (C=O) groups is 2. The molecule has 0 unspecified atom stereocenters. The van der Waals surface area contributed by atoms with E-state index in [0.717, 1.165) is 5.56 Å². The highest BCUT2D eigenvalue weighted by molar-refractivity contribution is 6.03. The first-order chi connectivity index (χ1) is 15.9. The van der Waals surface area contributed by atoms with Crippen molar-refractivity contribution >= 4 is 22.8 Å². The minimum atomic E-state index is -1.04. The number of aromatic nitrogens is 2. The number of nitrogens with zero attached hydrogens (tertiary/aromatic N) is 2. The van der Waals surface area contributed by atoms with Crippen molar-refractivity contribution in [3.05, 3.63) is 83.3 Å². The van der Waals surface area contributed by atoms with Crippen LogP contribution >= 0.6 is 0 Å². The van der Waals surface area contributed by atoms with Gasteiger partial charge in [0, 0.05) is 30.1 Å². The second-order valence-electron chi connectivity index (χ2n) is 7.55. The van der Waals surface area contributed by atoms with Gasteiger partial charge in [-0.2, -0.15) is 5.10 Å². The zero-order chi connectivity index (χ0) is 23.5. The van der Waals surface area contributed by atoms with E-state index < -0.39 is 5.97 Å². The number of halogens is 1. The number of hydrogen-bond acceptors (Lipinski definition) is 4. The fraction of sp³-hybridized carbons (Fsp3) is 0.160. The average Bonchev–Trinajstić information content (AvgIpc) is 3.29. The Kier molecular flexibility index (Phi) is 6.08. The van der Waals surface area contributed by atoms with E-state index in [4.69, 9.17) is 4.74 Å². The fourth-order valence-corrected chi connectivity index (χ4v) is 3.78. The van der Waals surface area contributed by atoms with E-state index >= 15 is 0 Å². The molecule has 0 aliphatic heterocycles. The molecule has 1 heterocycles. The molecule has 4 rings (SSSR count). The van der Waals surface area contributed by atoms with Crippen LogP contribution in [0.3, 0.4) is 0 Å². The summed E-state index contributed by atoms with van der Waals surface area (Å²) in [6.45, 7) is 2.48. The summed E-state index contributed by atoms with van der Waals surface area (Å²) in [6, 6.07) is 14.5. The monoisotopic (exact) mass is 447 g/mol. The van der Waals surface area contributed by atoms with Crippen molar-refractivity contribution in [1.29, 1.82) is 0 Å². The van der Waals surface area contributed by atoms with Crippen molar-refractivity contribution in [2.24, 2.45) is 0 Å². The van der Waals surface area contributed by atoms with Crippen molar-refractivity contribution in [2.45, 2.75) is 13.5 Å². The fourth-order valence-electron chi connectivity index (χ4n) is 3.78. The number of carbonyl (C=O) groups excluding carboxylic acids is 1.